The van der Waals surface area contributed by atoms with Gasteiger partial charge in [0.15, 0.2) is 0 Å². The summed E-state index contributed by atoms with van der Waals surface area (Å²) < 4.78 is 0. The molecule has 1 rings (SSSR count). The molecule has 0 aliphatic rings. The van der Waals surface area contributed by atoms with E-state index in [1.165, 1.54) is 5.56 Å². The summed E-state index contributed by atoms with van der Waals surface area (Å²) in [5.74, 6) is 0.296. The van der Waals surface area contributed by atoms with Crippen molar-refractivity contribution in [1.29, 1.82) is 0 Å². The molecule has 0 saturated heterocycles. The first kappa shape index (κ1) is 11.3. The van der Waals surface area contributed by atoms with Crippen LogP contribution in [0.15, 0.2) is 18.2 Å². The van der Waals surface area contributed by atoms with E-state index in [9.17, 15) is 5.11 Å². The van der Waals surface area contributed by atoms with Crippen molar-refractivity contribution < 1.29 is 5.11 Å². The normalized spacial score (nSPS) is 9.17. The fourth-order valence-electron chi connectivity index (χ4n) is 1.02. The first-order valence-corrected chi connectivity index (χ1v) is 3.78. The Kier molecular flexibility index (Phi) is 4.71. The van der Waals surface area contributed by atoms with Gasteiger partial charge in [-0.1, -0.05) is 19.1 Å². The lowest BCUT2D eigenvalue weighted by Gasteiger charge is -2.02. The molecule has 2 nitrogen and oxygen atoms in total. The van der Waals surface area contributed by atoms with Crippen LogP contribution in [0.1, 0.15) is 18.1 Å². The van der Waals surface area contributed by atoms with Gasteiger partial charge in [0.05, 0.1) is 0 Å². The summed E-state index contributed by atoms with van der Waals surface area (Å²) in [7, 11) is 0. The minimum atomic E-state index is 0. The quantitative estimate of drug-likeness (QED) is 0.742. The molecule has 0 aromatic heterocycles. The highest BCUT2D eigenvalue weighted by Crippen LogP contribution is 2.17. The van der Waals surface area contributed by atoms with Crippen molar-refractivity contribution in [3.05, 3.63) is 29.3 Å². The van der Waals surface area contributed by atoms with E-state index in [1.807, 2.05) is 12.1 Å². The zero-order valence-corrected chi connectivity index (χ0v) is 7.90. The average molecular weight is 188 g/mol. The number of hydrogen-bond donors (Lipinski definition) is 2. The van der Waals surface area contributed by atoms with Crippen molar-refractivity contribution >= 4 is 12.4 Å². The molecule has 0 radical (unpaired) electrons. The molecule has 0 aliphatic carbocycles. The first-order valence-electron chi connectivity index (χ1n) is 3.78. The Bertz CT molecular complexity index is 250. The fourth-order valence-corrected chi connectivity index (χ4v) is 1.02. The topological polar surface area (TPSA) is 46.2 Å². The zero-order chi connectivity index (χ0) is 8.27. The lowest BCUT2D eigenvalue weighted by molar-refractivity contribution is 0.468. The van der Waals surface area contributed by atoms with E-state index in [-0.39, 0.29) is 12.4 Å². The zero-order valence-electron chi connectivity index (χ0n) is 7.08. The molecule has 3 heteroatoms. The minimum absolute atomic E-state index is 0. The van der Waals surface area contributed by atoms with Crippen LogP contribution >= 0.6 is 12.4 Å². The minimum Gasteiger partial charge on any atom is -0.508 e. The number of nitrogens with two attached hydrogens (primary N) is 1. The van der Waals surface area contributed by atoms with E-state index in [0.717, 1.165) is 12.0 Å². The predicted molar refractivity (Wildman–Crippen MR) is 52.6 cm³/mol. The van der Waals surface area contributed by atoms with Gasteiger partial charge in [-0.15, -0.1) is 12.4 Å². The molecule has 1 aromatic carbocycles. The summed E-state index contributed by atoms with van der Waals surface area (Å²) >= 11 is 0. The van der Waals surface area contributed by atoms with Crippen LogP contribution in [-0.4, -0.2) is 5.11 Å². The third-order valence-electron chi connectivity index (χ3n) is 1.77. The summed E-state index contributed by atoms with van der Waals surface area (Å²) in [4.78, 5) is 0. The molecule has 0 atom stereocenters. The molecule has 12 heavy (non-hydrogen) atoms. The van der Waals surface area contributed by atoms with Gasteiger partial charge in [0.1, 0.15) is 5.75 Å². The second-order valence-corrected chi connectivity index (χ2v) is 2.52. The van der Waals surface area contributed by atoms with Gasteiger partial charge in [0.2, 0.25) is 0 Å². The molecule has 0 amide bonds. The van der Waals surface area contributed by atoms with E-state index in [4.69, 9.17) is 5.73 Å². The molecule has 0 spiro atoms. The Morgan fingerprint density at radius 3 is 2.58 bits per heavy atom. The Morgan fingerprint density at radius 2 is 2.08 bits per heavy atom. The molecule has 68 valence electrons. The van der Waals surface area contributed by atoms with Gasteiger partial charge in [-0.05, 0) is 18.1 Å². The van der Waals surface area contributed by atoms with Crippen LogP contribution in [0.4, 0.5) is 0 Å². The van der Waals surface area contributed by atoms with E-state index in [1.54, 1.807) is 6.07 Å². The van der Waals surface area contributed by atoms with Crippen LogP contribution in [0.3, 0.4) is 0 Å². The van der Waals surface area contributed by atoms with Gasteiger partial charge >= 0.3 is 0 Å². The van der Waals surface area contributed by atoms with Gasteiger partial charge in [-0.25, -0.2) is 0 Å². The standard InChI is InChI=1S/C9H13NO.ClH/c1-2-7-3-4-9(11)8(5-7)6-10;/h3-5,11H,2,6,10H2,1H3;1H. The van der Waals surface area contributed by atoms with Crippen molar-refractivity contribution in [2.45, 2.75) is 19.9 Å². The van der Waals surface area contributed by atoms with Crippen LogP contribution in [0.5, 0.6) is 5.75 Å². The summed E-state index contributed by atoms with van der Waals surface area (Å²) in [6.45, 7) is 2.48. The third kappa shape index (κ3) is 2.40. The molecular formula is C9H14ClNO. The molecule has 0 bridgehead atoms. The number of halogens is 1. The lowest BCUT2D eigenvalue weighted by atomic mass is 10.1. The maximum atomic E-state index is 9.25. The number of hydrogen-bond acceptors (Lipinski definition) is 2. The highest BCUT2D eigenvalue weighted by Gasteiger charge is 1.98. The van der Waals surface area contributed by atoms with Crippen LogP contribution in [0.25, 0.3) is 0 Å². The van der Waals surface area contributed by atoms with Crippen molar-refractivity contribution in [3.63, 3.8) is 0 Å². The highest BCUT2D eigenvalue weighted by molar-refractivity contribution is 5.85. The number of phenols is 1. The third-order valence-corrected chi connectivity index (χ3v) is 1.77. The summed E-state index contributed by atoms with van der Waals surface area (Å²) in [6, 6.07) is 5.55. The molecule has 0 saturated carbocycles. The average Bonchev–Trinajstić information content (AvgIpc) is 2.05. The van der Waals surface area contributed by atoms with Crippen molar-refractivity contribution in [2.75, 3.05) is 0 Å². The predicted octanol–water partition coefficient (Wildman–Crippen LogP) is 1.84. The molecule has 0 unspecified atom stereocenters. The lowest BCUT2D eigenvalue weighted by Crippen LogP contribution is -1.97. The van der Waals surface area contributed by atoms with Gasteiger partial charge < -0.3 is 10.8 Å². The monoisotopic (exact) mass is 187 g/mol. The first-order chi connectivity index (χ1) is 5.27. The molecule has 3 N–H and O–H groups in total. The molecule has 0 aliphatic heterocycles. The number of aromatic hydroxyl groups is 1. The van der Waals surface area contributed by atoms with Crippen molar-refractivity contribution in [3.8, 4) is 5.75 Å². The summed E-state index contributed by atoms with van der Waals surface area (Å²) in [5, 5.41) is 9.25. The number of benzene rings is 1. The van der Waals surface area contributed by atoms with Crippen LogP contribution in [0.2, 0.25) is 0 Å². The van der Waals surface area contributed by atoms with Crippen LogP contribution in [0, 0.1) is 0 Å². The van der Waals surface area contributed by atoms with Crippen molar-refractivity contribution in [1.82, 2.24) is 0 Å². The van der Waals surface area contributed by atoms with E-state index in [0.29, 0.717) is 12.3 Å². The van der Waals surface area contributed by atoms with Crippen molar-refractivity contribution in [2.24, 2.45) is 5.73 Å². The summed E-state index contributed by atoms with van der Waals surface area (Å²) in [5.41, 5.74) is 7.45. The molecule has 0 fully saturated rings. The highest BCUT2D eigenvalue weighted by atomic mass is 35.5. The summed E-state index contributed by atoms with van der Waals surface area (Å²) in [6.07, 6.45) is 0.979. The van der Waals surface area contributed by atoms with E-state index < -0.39 is 0 Å². The largest absolute Gasteiger partial charge is 0.508 e. The smallest absolute Gasteiger partial charge is 0.120 e. The fraction of sp³-hybridized carbons (Fsp3) is 0.333. The van der Waals surface area contributed by atoms with Crippen LogP contribution in [-0.2, 0) is 13.0 Å². The maximum Gasteiger partial charge on any atom is 0.120 e. The molecule has 0 heterocycles. The number of rotatable bonds is 2. The van der Waals surface area contributed by atoms with E-state index in [2.05, 4.69) is 6.92 Å². The maximum absolute atomic E-state index is 9.25. The van der Waals surface area contributed by atoms with Crippen LogP contribution < -0.4 is 5.73 Å². The van der Waals surface area contributed by atoms with Gasteiger partial charge in [0, 0.05) is 12.1 Å². The number of aryl methyl sites for hydroxylation is 1. The second kappa shape index (κ2) is 5.01. The molecule has 1 aromatic rings. The second-order valence-electron chi connectivity index (χ2n) is 2.52. The molecular weight excluding hydrogens is 174 g/mol. The Morgan fingerprint density at radius 1 is 1.42 bits per heavy atom. The van der Waals surface area contributed by atoms with E-state index >= 15 is 0 Å². The van der Waals surface area contributed by atoms with Gasteiger partial charge in [0.25, 0.3) is 0 Å². The SMILES string of the molecule is CCc1ccc(O)c(CN)c1.Cl. The Labute approximate surface area is 78.8 Å². The number of phenolic OH excluding ortho intramolecular Hbond substituents is 1. The Balaban J connectivity index is 0.00000121. The van der Waals surface area contributed by atoms with Gasteiger partial charge in [-0.2, -0.15) is 0 Å². The van der Waals surface area contributed by atoms with Gasteiger partial charge in [-0.3, -0.25) is 0 Å². The Hall–Kier alpha value is -0.730.